The fourth-order valence-electron chi connectivity index (χ4n) is 2.78. The van der Waals surface area contributed by atoms with Gasteiger partial charge in [0.25, 0.3) is 0 Å². The van der Waals surface area contributed by atoms with Crippen molar-refractivity contribution in [3.63, 3.8) is 0 Å². The number of carbonyl (C=O) groups excluding carboxylic acids is 1. The van der Waals surface area contributed by atoms with Crippen LogP contribution in [0.25, 0.3) is 0 Å². The van der Waals surface area contributed by atoms with Crippen LogP contribution in [0.5, 0.6) is 0 Å². The highest BCUT2D eigenvalue weighted by Crippen LogP contribution is 2.44. The molecule has 0 saturated carbocycles. The molecule has 1 atom stereocenters. The second-order valence-corrected chi connectivity index (χ2v) is 5.91. The molecule has 0 unspecified atom stereocenters. The molecule has 132 valence electrons. The van der Waals surface area contributed by atoms with Crippen molar-refractivity contribution in [1.82, 2.24) is 0 Å². The highest BCUT2D eigenvalue weighted by Gasteiger charge is 2.60. The van der Waals surface area contributed by atoms with Crippen molar-refractivity contribution in [2.75, 3.05) is 6.54 Å². The first-order valence-corrected chi connectivity index (χ1v) is 7.50. The molecule has 25 heavy (non-hydrogen) atoms. The summed E-state index contributed by atoms with van der Waals surface area (Å²) in [6, 6.07) is 12.7. The molecular formula is C18H16F3NO3. The van der Waals surface area contributed by atoms with Crippen LogP contribution in [0.1, 0.15) is 27.9 Å². The molecule has 0 bridgehead atoms. The molecule has 7 heteroatoms. The molecule has 0 spiro atoms. The quantitative estimate of drug-likeness (QED) is 0.442. The van der Waals surface area contributed by atoms with E-state index in [1.54, 1.807) is 19.1 Å². The van der Waals surface area contributed by atoms with Crippen LogP contribution >= 0.6 is 0 Å². The second kappa shape index (κ2) is 7.04. The lowest BCUT2D eigenvalue weighted by molar-refractivity contribution is -0.501. The van der Waals surface area contributed by atoms with Crippen molar-refractivity contribution in [1.29, 1.82) is 0 Å². The maximum absolute atomic E-state index is 13.9. The van der Waals surface area contributed by atoms with Gasteiger partial charge in [0.15, 0.2) is 11.2 Å². The number of ketones is 1. The Morgan fingerprint density at radius 3 is 2.24 bits per heavy atom. The van der Waals surface area contributed by atoms with Crippen molar-refractivity contribution in [2.45, 2.75) is 24.9 Å². The van der Waals surface area contributed by atoms with Gasteiger partial charge in [0.05, 0.1) is 0 Å². The Labute approximate surface area is 142 Å². The van der Waals surface area contributed by atoms with E-state index in [-0.39, 0.29) is 11.1 Å². The molecule has 0 radical (unpaired) electrons. The van der Waals surface area contributed by atoms with Crippen molar-refractivity contribution < 1.29 is 22.9 Å². The van der Waals surface area contributed by atoms with Crippen LogP contribution in [0.15, 0.2) is 54.6 Å². The number of benzene rings is 2. The average molecular weight is 351 g/mol. The van der Waals surface area contributed by atoms with Crippen molar-refractivity contribution in [3.05, 3.63) is 81.4 Å². The summed E-state index contributed by atoms with van der Waals surface area (Å²) in [5.41, 5.74) is -2.34. The molecule has 2 aromatic carbocycles. The Morgan fingerprint density at radius 2 is 1.72 bits per heavy atom. The van der Waals surface area contributed by atoms with Gasteiger partial charge in [-0.1, -0.05) is 54.1 Å². The minimum atomic E-state index is -4.96. The average Bonchev–Trinajstić information content (AvgIpc) is 2.53. The maximum Gasteiger partial charge on any atom is 0.405 e. The van der Waals surface area contributed by atoms with E-state index in [0.717, 1.165) is 5.56 Å². The molecule has 0 heterocycles. The van der Waals surface area contributed by atoms with E-state index in [1.165, 1.54) is 42.5 Å². The fraction of sp³-hybridized carbons (Fsp3) is 0.278. The highest BCUT2D eigenvalue weighted by molar-refractivity contribution is 5.97. The van der Waals surface area contributed by atoms with Crippen LogP contribution in [0.3, 0.4) is 0 Å². The summed E-state index contributed by atoms with van der Waals surface area (Å²) in [6.07, 6.45) is -5.98. The number of hydrogen-bond donors (Lipinski definition) is 0. The van der Waals surface area contributed by atoms with Crippen LogP contribution in [-0.2, 0) is 5.41 Å². The number of alkyl halides is 3. The highest BCUT2D eigenvalue weighted by atomic mass is 19.4. The van der Waals surface area contributed by atoms with Gasteiger partial charge in [-0.3, -0.25) is 14.9 Å². The molecule has 0 aliphatic heterocycles. The topological polar surface area (TPSA) is 60.2 Å². The van der Waals surface area contributed by atoms with Gasteiger partial charge in [0.2, 0.25) is 6.54 Å². The Morgan fingerprint density at radius 1 is 1.08 bits per heavy atom. The zero-order chi connectivity index (χ0) is 18.7. The van der Waals surface area contributed by atoms with Crippen molar-refractivity contribution >= 4 is 5.78 Å². The summed E-state index contributed by atoms with van der Waals surface area (Å²) in [6.45, 7) is 0.306. The number of aryl methyl sites for hydroxylation is 1. The first-order chi connectivity index (χ1) is 11.7. The van der Waals surface area contributed by atoms with Gasteiger partial charge in [-0.2, -0.15) is 13.2 Å². The number of nitrogens with zero attached hydrogens (tertiary/aromatic N) is 1. The molecule has 0 aliphatic carbocycles. The lowest BCUT2D eigenvalue weighted by Gasteiger charge is -2.32. The van der Waals surface area contributed by atoms with Gasteiger partial charge in [-0.25, -0.2) is 0 Å². The predicted octanol–water partition coefficient (Wildman–Crippen LogP) is 4.34. The minimum Gasteiger partial charge on any atom is -0.294 e. The summed E-state index contributed by atoms with van der Waals surface area (Å²) in [5, 5.41) is 11.0. The van der Waals surface area contributed by atoms with E-state index in [9.17, 15) is 28.1 Å². The standard InChI is InChI=1S/C18H16F3NO3/c1-13-6-5-7-14(10-13)16(23)11-17(12-22(24)25,18(19,20)21)15-8-3-2-4-9-15/h2-10H,11-12H2,1H3/t17-/m0/s1. The monoisotopic (exact) mass is 351 g/mol. The van der Waals surface area contributed by atoms with E-state index < -0.39 is 35.3 Å². The van der Waals surface area contributed by atoms with Gasteiger partial charge >= 0.3 is 6.18 Å². The van der Waals surface area contributed by atoms with Crippen LogP contribution < -0.4 is 0 Å². The molecule has 0 aromatic heterocycles. The van der Waals surface area contributed by atoms with E-state index in [2.05, 4.69) is 0 Å². The maximum atomic E-state index is 13.9. The Bertz CT molecular complexity index is 775. The normalized spacial score (nSPS) is 13.9. The molecule has 0 N–H and O–H groups in total. The number of Topliss-reactive ketones (excluding diaryl/α,β-unsaturated/α-hetero) is 1. The smallest absolute Gasteiger partial charge is 0.294 e. The van der Waals surface area contributed by atoms with E-state index in [0.29, 0.717) is 0 Å². The Kier molecular flexibility index (Phi) is 5.25. The first-order valence-electron chi connectivity index (χ1n) is 7.50. The van der Waals surface area contributed by atoms with Gasteiger partial charge in [0.1, 0.15) is 0 Å². The second-order valence-electron chi connectivity index (χ2n) is 5.91. The van der Waals surface area contributed by atoms with Gasteiger partial charge < -0.3 is 0 Å². The third kappa shape index (κ3) is 4.04. The van der Waals surface area contributed by atoms with Crippen LogP contribution in [0, 0.1) is 17.0 Å². The zero-order valence-electron chi connectivity index (χ0n) is 13.4. The fourth-order valence-corrected chi connectivity index (χ4v) is 2.78. The molecular weight excluding hydrogens is 335 g/mol. The Hall–Kier alpha value is -2.70. The van der Waals surface area contributed by atoms with Crippen LogP contribution in [0.4, 0.5) is 13.2 Å². The summed E-state index contributed by atoms with van der Waals surface area (Å²) in [5.74, 6) is -0.785. The largest absolute Gasteiger partial charge is 0.405 e. The molecule has 2 rings (SSSR count). The molecule has 0 amide bonds. The van der Waals surface area contributed by atoms with Crippen LogP contribution in [0.2, 0.25) is 0 Å². The zero-order valence-corrected chi connectivity index (χ0v) is 13.4. The first kappa shape index (κ1) is 18.6. The van der Waals surface area contributed by atoms with Gasteiger partial charge in [0, 0.05) is 16.9 Å². The summed E-state index contributed by atoms with van der Waals surface area (Å²) < 4.78 is 41.8. The Balaban J connectivity index is 2.54. The molecule has 4 nitrogen and oxygen atoms in total. The number of carbonyl (C=O) groups is 1. The summed E-state index contributed by atoms with van der Waals surface area (Å²) in [4.78, 5) is 22.5. The predicted molar refractivity (Wildman–Crippen MR) is 86.2 cm³/mol. The van der Waals surface area contributed by atoms with Crippen LogP contribution in [-0.4, -0.2) is 23.4 Å². The minimum absolute atomic E-state index is 0.105. The van der Waals surface area contributed by atoms with Gasteiger partial charge in [-0.15, -0.1) is 0 Å². The third-order valence-electron chi connectivity index (χ3n) is 4.07. The SMILES string of the molecule is Cc1cccc(C(=O)C[C@](C[N+](=O)[O-])(c2ccccc2)C(F)(F)F)c1. The molecule has 0 aliphatic rings. The third-order valence-corrected chi connectivity index (χ3v) is 4.07. The summed E-state index contributed by atoms with van der Waals surface area (Å²) >= 11 is 0. The number of nitro groups is 1. The lowest BCUT2D eigenvalue weighted by Crippen LogP contribution is -2.49. The summed E-state index contributed by atoms with van der Waals surface area (Å²) in [7, 11) is 0. The van der Waals surface area contributed by atoms with E-state index in [1.807, 2.05) is 0 Å². The number of rotatable bonds is 6. The van der Waals surface area contributed by atoms with Gasteiger partial charge in [-0.05, 0) is 18.6 Å². The van der Waals surface area contributed by atoms with E-state index in [4.69, 9.17) is 0 Å². The lowest BCUT2D eigenvalue weighted by atomic mass is 9.74. The van der Waals surface area contributed by atoms with Crippen molar-refractivity contribution in [2.24, 2.45) is 0 Å². The molecule has 2 aromatic rings. The molecule has 0 saturated heterocycles. The molecule has 0 fully saturated rings. The van der Waals surface area contributed by atoms with Crippen molar-refractivity contribution in [3.8, 4) is 0 Å². The number of halogens is 3. The number of hydrogen-bond acceptors (Lipinski definition) is 3. The van der Waals surface area contributed by atoms with E-state index >= 15 is 0 Å².